The molecule has 0 saturated carbocycles. The van der Waals surface area contributed by atoms with Gasteiger partial charge in [0, 0.05) is 0 Å². The predicted octanol–water partition coefficient (Wildman–Crippen LogP) is 3.15. The minimum atomic E-state index is -4.27. The van der Waals surface area contributed by atoms with Crippen LogP contribution in [0.4, 0.5) is 13.2 Å². The summed E-state index contributed by atoms with van der Waals surface area (Å²) in [5, 5.41) is 0. The van der Waals surface area contributed by atoms with Crippen LogP contribution in [0.15, 0.2) is 36.4 Å². The summed E-state index contributed by atoms with van der Waals surface area (Å²) in [5.74, 6) is 0. The average Bonchev–Trinajstić information content (AvgIpc) is 2.17. The van der Waals surface area contributed by atoms with Gasteiger partial charge in [-0.15, -0.1) is 0 Å². The third kappa shape index (κ3) is 3.70. The molecule has 1 nitrogen and oxygen atoms in total. The van der Waals surface area contributed by atoms with Gasteiger partial charge in [0.2, 0.25) is 0 Å². The molecule has 0 amide bonds. The second kappa shape index (κ2) is 5.16. The van der Waals surface area contributed by atoms with Gasteiger partial charge in [0.15, 0.2) is 0 Å². The molecule has 1 rings (SSSR count). The van der Waals surface area contributed by atoms with E-state index in [9.17, 15) is 13.2 Å². The maximum atomic E-state index is 12.3. The number of rotatable bonds is 4. The van der Waals surface area contributed by atoms with Crippen LogP contribution in [0.1, 0.15) is 17.5 Å². The van der Waals surface area contributed by atoms with E-state index in [1.54, 1.807) is 0 Å². The minimum Gasteiger partial charge on any atom is -0.330 e. The number of hydrogen-bond acceptors (Lipinski definition) is 1. The fourth-order valence-corrected chi connectivity index (χ4v) is 1.39. The zero-order chi connectivity index (χ0) is 12.2. The summed E-state index contributed by atoms with van der Waals surface area (Å²) in [7, 11) is 0. The lowest BCUT2D eigenvalue weighted by Gasteiger charge is -2.08. The molecule has 0 aliphatic heterocycles. The second-order valence-corrected chi connectivity index (χ2v) is 3.66. The van der Waals surface area contributed by atoms with Crippen LogP contribution in [-0.2, 0) is 12.6 Å². The third-order valence-corrected chi connectivity index (χ3v) is 2.23. The van der Waals surface area contributed by atoms with E-state index < -0.39 is 11.7 Å². The number of alkyl halides is 3. The van der Waals surface area contributed by atoms with E-state index >= 15 is 0 Å². The lowest BCUT2D eigenvalue weighted by molar-refractivity contribution is -0.137. The Kier molecular flexibility index (Phi) is 4.12. The Morgan fingerprint density at radius 3 is 2.19 bits per heavy atom. The van der Waals surface area contributed by atoms with Crippen LogP contribution in [0.2, 0.25) is 0 Å². The first-order valence-electron chi connectivity index (χ1n) is 4.96. The van der Waals surface area contributed by atoms with Gasteiger partial charge in [-0.25, -0.2) is 0 Å². The predicted molar refractivity (Wildman–Crippen MR) is 58.0 cm³/mol. The van der Waals surface area contributed by atoms with Crippen molar-refractivity contribution in [2.24, 2.45) is 5.73 Å². The lowest BCUT2D eigenvalue weighted by atomic mass is 10.0. The van der Waals surface area contributed by atoms with Crippen molar-refractivity contribution >= 4 is 0 Å². The van der Waals surface area contributed by atoms with Gasteiger partial charge in [0.05, 0.1) is 5.56 Å². The molecule has 0 unspecified atom stereocenters. The number of nitrogens with two attached hydrogens (primary N) is 1. The standard InChI is InChI=1S/C12H14F3N/c1-9(6-7-16)8-10-2-4-11(5-3-10)12(13,14)15/h2-5H,1,6-8,16H2. The molecule has 0 spiro atoms. The summed E-state index contributed by atoms with van der Waals surface area (Å²) in [6, 6.07) is 5.13. The van der Waals surface area contributed by atoms with E-state index in [1.165, 1.54) is 12.1 Å². The van der Waals surface area contributed by atoms with Crippen molar-refractivity contribution in [1.29, 1.82) is 0 Å². The van der Waals surface area contributed by atoms with Gasteiger partial charge in [-0.1, -0.05) is 24.3 Å². The first-order valence-corrected chi connectivity index (χ1v) is 4.96. The first-order chi connectivity index (χ1) is 7.43. The van der Waals surface area contributed by atoms with Crippen LogP contribution >= 0.6 is 0 Å². The molecule has 0 radical (unpaired) electrons. The van der Waals surface area contributed by atoms with Gasteiger partial charge in [-0.2, -0.15) is 13.2 Å². The van der Waals surface area contributed by atoms with E-state index in [1.807, 2.05) is 0 Å². The van der Waals surface area contributed by atoms with Gasteiger partial charge < -0.3 is 5.73 Å². The topological polar surface area (TPSA) is 26.0 Å². The smallest absolute Gasteiger partial charge is 0.330 e. The van der Waals surface area contributed by atoms with Crippen molar-refractivity contribution < 1.29 is 13.2 Å². The highest BCUT2D eigenvalue weighted by Crippen LogP contribution is 2.29. The van der Waals surface area contributed by atoms with Gasteiger partial charge in [-0.05, 0) is 37.1 Å². The largest absolute Gasteiger partial charge is 0.416 e. The molecule has 0 aromatic heterocycles. The Morgan fingerprint density at radius 1 is 1.19 bits per heavy atom. The maximum Gasteiger partial charge on any atom is 0.416 e. The Bertz CT molecular complexity index is 352. The molecule has 16 heavy (non-hydrogen) atoms. The number of halogens is 3. The SMILES string of the molecule is C=C(CCN)Cc1ccc(C(F)(F)F)cc1. The zero-order valence-electron chi connectivity index (χ0n) is 8.85. The zero-order valence-corrected chi connectivity index (χ0v) is 8.85. The molecule has 0 bridgehead atoms. The highest BCUT2D eigenvalue weighted by Gasteiger charge is 2.29. The summed E-state index contributed by atoms with van der Waals surface area (Å²) < 4.78 is 36.8. The van der Waals surface area contributed by atoms with Crippen molar-refractivity contribution in [2.75, 3.05) is 6.54 Å². The van der Waals surface area contributed by atoms with Crippen LogP contribution in [0.25, 0.3) is 0 Å². The molecule has 1 aromatic rings. The second-order valence-electron chi connectivity index (χ2n) is 3.66. The number of hydrogen-bond donors (Lipinski definition) is 1. The molecule has 0 atom stereocenters. The molecule has 0 fully saturated rings. The Labute approximate surface area is 92.8 Å². The fourth-order valence-electron chi connectivity index (χ4n) is 1.39. The van der Waals surface area contributed by atoms with E-state index in [0.717, 1.165) is 23.3 Å². The number of benzene rings is 1. The monoisotopic (exact) mass is 229 g/mol. The van der Waals surface area contributed by atoms with Crippen molar-refractivity contribution in [3.63, 3.8) is 0 Å². The summed E-state index contributed by atoms with van der Waals surface area (Å²) in [4.78, 5) is 0. The van der Waals surface area contributed by atoms with Crippen molar-refractivity contribution in [3.05, 3.63) is 47.5 Å². The van der Waals surface area contributed by atoms with E-state index in [0.29, 0.717) is 19.4 Å². The molecule has 0 aliphatic rings. The van der Waals surface area contributed by atoms with Gasteiger partial charge in [0.25, 0.3) is 0 Å². The van der Waals surface area contributed by atoms with E-state index in [2.05, 4.69) is 6.58 Å². The first kappa shape index (κ1) is 12.8. The molecule has 88 valence electrons. The van der Waals surface area contributed by atoms with Crippen molar-refractivity contribution in [2.45, 2.75) is 19.0 Å². The van der Waals surface area contributed by atoms with Crippen LogP contribution in [0.5, 0.6) is 0 Å². The molecule has 1 aromatic carbocycles. The third-order valence-electron chi connectivity index (χ3n) is 2.23. The highest BCUT2D eigenvalue weighted by molar-refractivity contribution is 5.27. The van der Waals surface area contributed by atoms with Crippen molar-refractivity contribution in [1.82, 2.24) is 0 Å². The Hall–Kier alpha value is -1.29. The van der Waals surface area contributed by atoms with Crippen LogP contribution in [0, 0.1) is 0 Å². The fraction of sp³-hybridized carbons (Fsp3) is 0.333. The van der Waals surface area contributed by atoms with E-state index in [-0.39, 0.29) is 0 Å². The summed E-state index contributed by atoms with van der Waals surface area (Å²) in [6.07, 6.45) is -3.00. The van der Waals surface area contributed by atoms with Gasteiger partial charge in [0.1, 0.15) is 0 Å². The molecular weight excluding hydrogens is 215 g/mol. The molecule has 2 N–H and O–H groups in total. The minimum absolute atomic E-state index is 0.513. The quantitative estimate of drug-likeness (QED) is 0.788. The van der Waals surface area contributed by atoms with Crippen LogP contribution in [0.3, 0.4) is 0 Å². The Balaban J connectivity index is 2.69. The molecule has 0 saturated heterocycles. The van der Waals surface area contributed by atoms with Gasteiger partial charge >= 0.3 is 6.18 Å². The van der Waals surface area contributed by atoms with E-state index in [4.69, 9.17) is 5.73 Å². The molecule has 0 heterocycles. The summed E-state index contributed by atoms with van der Waals surface area (Å²) in [6.45, 7) is 4.32. The lowest BCUT2D eigenvalue weighted by Crippen LogP contribution is -2.05. The molecule has 4 heteroatoms. The summed E-state index contributed by atoms with van der Waals surface area (Å²) >= 11 is 0. The maximum absolute atomic E-state index is 12.3. The molecule has 0 aliphatic carbocycles. The molecular formula is C12H14F3N. The van der Waals surface area contributed by atoms with Crippen molar-refractivity contribution in [3.8, 4) is 0 Å². The summed E-state index contributed by atoms with van der Waals surface area (Å²) in [5.41, 5.74) is 6.49. The van der Waals surface area contributed by atoms with Crippen LogP contribution in [-0.4, -0.2) is 6.54 Å². The van der Waals surface area contributed by atoms with Gasteiger partial charge in [-0.3, -0.25) is 0 Å². The Morgan fingerprint density at radius 2 is 1.75 bits per heavy atom. The normalized spacial score (nSPS) is 11.5. The highest BCUT2D eigenvalue weighted by atomic mass is 19.4. The average molecular weight is 229 g/mol. The van der Waals surface area contributed by atoms with Crippen LogP contribution < -0.4 is 5.73 Å².